The number of aryl methyl sites for hydroxylation is 1. The quantitative estimate of drug-likeness (QED) is 0.801. The molecular formula is C18H23N3O2. The molecular weight excluding hydrogens is 290 g/mol. The number of pyridine rings is 1. The zero-order chi connectivity index (χ0) is 16.7. The van der Waals surface area contributed by atoms with Crippen LogP contribution in [0.4, 0.5) is 17.2 Å². The Balaban J connectivity index is 2.03. The largest absolute Gasteiger partial charge is 0.495 e. The van der Waals surface area contributed by atoms with Gasteiger partial charge in [0, 0.05) is 6.42 Å². The number of anilines is 3. The van der Waals surface area contributed by atoms with E-state index in [0.717, 1.165) is 35.5 Å². The van der Waals surface area contributed by atoms with Crippen LogP contribution in [0.5, 0.6) is 5.75 Å². The molecule has 0 bridgehead atoms. The third-order valence-electron chi connectivity index (χ3n) is 3.42. The molecule has 2 aromatic rings. The fourth-order valence-corrected chi connectivity index (χ4v) is 2.16. The Morgan fingerprint density at radius 3 is 2.74 bits per heavy atom. The molecule has 0 saturated heterocycles. The second-order valence-corrected chi connectivity index (χ2v) is 5.41. The van der Waals surface area contributed by atoms with Gasteiger partial charge < -0.3 is 15.4 Å². The summed E-state index contributed by atoms with van der Waals surface area (Å²) in [6.45, 7) is 4.09. The van der Waals surface area contributed by atoms with Gasteiger partial charge in [-0.2, -0.15) is 0 Å². The molecule has 1 aromatic heterocycles. The van der Waals surface area contributed by atoms with Crippen molar-refractivity contribution in [2.75, 3.05) is 17.7 Å². The second-order valence-electron chi connectivity index (χ2n) is 5.41. The van der Waals surface area contributed by atoms with Crippen LogP contribution < -0.4 is 15.4 Å². The number of rotatable bonds is 7. The van der Waals surface area contributed by atoms with Gasteiger partial charge in [-0.25, -0.2) is 4.98 Å². The van der Waals surface area contributed by atoms with Crippen LogP contribution in [-0.4, -0.2) is 18.0 Å². The number of hydrogen-bond donors (Lipinski definition) is 2. The van der Waals surface area contributed by atoms with Crippen molar-refractivity contribution in [3.63, 3.8) is 0 Å². The molecule has 0 radical (unpaired) electrons. The lowest BCUT2D eigenvalue weighted by Gasteiger charge is -2.12. The van der Waals surface area contributed by atoms with E-state index < -0.39 is 0 Å². The summed E-state index contributed by atoms with van der Waals surface area (Å²) in [5, 5.41) is 6.08. The molecule has 1 amide bonds. The summed E-state index contributed by atoms with van der Waals surface area (Å²) in [6, 6.07) is 9.60. The minimum absolute atomic E-state index is 0.000382. The van der Waals surface area contributed by atoms with Gasteiger partial charge in [-0.1, -0.05) is 19.4 Å². The second kappa shape index (κ2) is 8.17. The highest BCUT2D eigenvalue weighted by atomic mass is 16.5. The third kappa shape index (κ3) is 4.98. The minimum atomic E-state index is 0.000382. The van der Waals surface area contributed by atoms with Gasteiger partial charge in [0.05, 0.1) is 24.7 Å². The number of unbranched alkanes of at least 4 members (excludes halogenated alkanes) is 1. The van der Waals surface area contributed by atoms with Crippen molar-refractivity contribution in [1.29, 1.82) is 0 Å². The first kappa shape index (κ1) is 16.8. The van der Waals surface area contributed by atoms with Crippen molar-refractivity contribution in [3.8, 4) is 5.75 Å². The standard InChI is InChI=1S/C18H23N3O2/c1-4-5-6-18(22)21-17-10-8-14(12-19-17)20-15-11-13(2)7-9-16(15)23-3/h7-12,20H,4-6H2,1-3H3,(H,19,21,22). The highest BCUT2D eigenvalue weighted by molar-refractivity contribution is 5.89. The normalized spacial score (nSPS) is 10.2. The lowest BCUT2D eigenvalue weighted by atomic mass is 10.2. The van der Waals surface area contributed by atoms with Gasteiger partial charge in [0.1, 0.15) is 11.6 Å². The fraction of sp³-hybridized carbons (Fsp3) is 0.333. The lowest BCUT2D eigenvalue weighted by molar-refractivity contribution is -0.116. The Bertz CT molecular complexity index is 654. The molecule has 2 N–H and O–H groups in total. The molecule has 2 rings (SSSR count). The molecule has 1 aromatic carbocycles. The van der Waals surface area contributed by atoms with E-state index >= 15 is 0 Å². The Labute approximate surface area is 137 Å². The summed E-state index contributed by atoms with van der Waals surface area (Å²) in [6.07, 6.45) is 4.11. The van der Waals surface area contributed by atoms with Gasteiger partial charge in [-0.15, -0.1) is 0 Å². The first-order chi connectivity index (χ1) is 11.1. The summed E-state index contributed by atoms with van der Waals surface area (Å²) in [5.74, 6) is 1.33. The maximum Gasteiger partial charge on any atom is 0.225 e. The molecule has 0 aliphatic heterocycles. The van der Waals surface area contributed by atoms with Crippen LogP contribution in [-0.2, 0) is 4.79 Å². The maximum absolute atomic E-state index is 11.7. The molecule has 1 heterocycles. The number of ether oxygens (including phenoxy) is 1. The number of hydrogen-bond acceptors (Lipinski definition) is 4. The van der Waals surface area contributed by atoms with Crippen LogP contribution in [0, 0.1) is 6.92 Å². The monoisotopic (exact) mass is 313 g/mol. The number of nitrogens with one attached hydrogen (secondary N) is 2. The van der Waals surface area contributed by atoms with Crippen molar-refractivity contribution in [1.82, 2.24) is 4.98 Å². The number of methoxy groups -OCH3 is 1. The molecule has 0 aliphatic carbocycles. The van der Waals surface area contributed by atoms with Crippen molar-refractivity contribution in [3.05, 3.63) is 42.1 Å². The van der Waals surface area contributed by atoms with Crippen molar-refractivity contribution < 1.29 is 9.53 Å². The van der Waals surface area contributed by atoms with Gasteiger partial charge in [0.2, 0.25) is 5.91 Å². The van der Waals surface area contributed by atoms with E-state index in [1.807, 2.05) is 31.2 Å². The van der Waals surface area contributed by atoms with E-state index in [4.69, 9.17) is 4.74 Å². The number of nitrogens with zero attached hydrogens (tertiary/aromatic N) is 1. The summed E-state index contributed by atoms with van der Waals surface area (Å²) >= 11 is 0. The summed E-state index contributed by atoms with van der Waals surface area (Å²) < 4.78 is 5.35. The highest BCUT2D eigenvalue weighted by Crippen LogP contribution is 2.28. The first-order valence-electron chi connectivity index (χ1n) is 7.80. The smallest absolute Gasteiger partial charge is 0.225 e. The molecule has 23 heavy (non-hydrogen) atoms. The Morgan fingerprint density at radius 1 is 1.26 bits per heavy atom. The summed E-state index contributed by atoms with van der Waals surface area (Å²) in [5.41, 5.74) is 2.86. The van der Waals surface area contributed by atoms with Gasteiger partial charge >= 0.3 is 0 Å². The Kier molecular flexibility index (Phi) is 5.97. The van der Waals surface area contributed by atoms with Gasteiger partial charge in [-0.05, 0) is 43.2 Å². The zero-order valence-corrected chi connectivity index (χ0v) is 13.8. The number of carbonyl (C=O) groups is 1. The number of amides is 1. The van der Waals surface area contributed by atoms with E-state index in [1.54, 1.807) is 19.4 Å². The topological polar surface area (TPSA) is 63.2 Å². The van der Waals surface area contributed by atoms with E-state index in [0.29, 0.717) is 12.2 Å². The molecule has 0 fully saturated rings. The average Bonchev–Trinajstić information content (AvgIpc) is 2.55. The minimum Gasteiger partial charge on any atom is -0.495 e. The molecule has 0 unspecified atom stereocenters. The average molecular weight is 313 g/mol. The fourth-order valence-electron chi connectivity index (χ4n) is 2.16. The molecule has 5 heteroatoms. The molecule has 5 nitrogen and oxygen atoms in total. The zero-order valence-electron chi connectivity index (χ0n) is 13.8. The SMILES string of the molecule is CCCCC(=O)Nc1ccc(Nc2cc(C)ccc2OC)cn1. The van der Waals surface area contributed by atoms with Gasteiger partial charge in [-0.3, -0.25) is 4.79 Å². The Hall–Kier alpha value is -2.56. The van der Waals surface area contributed by atoms with Crippen LogP contribution in [0.15, 0.2) is 36.5 Å². The Morgan fingerprint density at radius 2 is 2.09 bits per heavy atom. The number of aromatic nitrogens is 1. The van der Waals surface area contributed by atoms with Gasteiger partial charge in [0.25, 0.3) is 0 Å². The third-order valence-corrected chi connectivity index (χ3v) is 3.42. The molecule has 122 valence electrons. The van der Waals surface area contributed by atoms with E-state index in [-0.39, 0.29) is 5.91 Å². The lowest BCUT2D eigenvalue weighted by Crippen LogP contribution is -2.12. The van der Waals surface area contributed by atoms with Crippen LogP contribution >= 0.6 is 0 Å². The van der Waals surface area contributed by atoms with Crippen LogP contribution in [0.25, 0.3) is 0 Å². The van der Waals surface area contributed by atoms with Crippen LogP contribution in [0.3, 0.4) is 0 Å². The van der Waals surface area contributed by atoms with Crippen LogP contribution in [0.1, 0.15) is 31.7 Å². The predicted molar refractivity (Wildman–Crippen MR) is 93.4 cm³/mol. The molecule has 0 aliphatic rings. The van der Waals surface area contributed by atoms with Crippen molar-refractivity contribution in [2.24, 2.45) is 0 Å². The van der Waals surface area contributed by atoms with E-state index in [2.05, 4.69) is 22.5 Å². The highest BCUT2D eigenvalue weighted by Gasteiger charge is 2.05. The number of benzene rings is 1. The van der Waals surface area contributed by atoms with E-state index in [1.165, 1.54) is 0 Å². The molecule has 0 atom stereocenters. The maximum atomic E-state index is 11.7. The van der Waals surface area contributed by atoms with E-state index in [9.17, 15) is 4.79 Å². The van der Waals surface area contributed by atoms with Gasteiger partial charge in [0.15, 0.2) is 0 Å². The number of carbonyl (C=O) groups excluding carboxylic acids is 1. The first-order valence-corrected chi connectivity index (χ1v) is 7.80. The summed E-state index contributed by atoms with van der Waals surface area (Å²) in [4.78, 5) is 16.0. The van der Waals surface area contributed by atoms with Crippen molar-refractivity contribution in [2.45, 2.75) is 33.1 Å². The molecule has 0 spiro atoms. The molecule has 0 saturated carbocycles. The summed E-state index contributed by atoms with van der Waals surface area (Å²) in [7, 11) is 1.64. The van der Waals surface area contributed by atoms with Crippen LogP contribution in [0.2, 0.25) is 0 Å². The predicted octanol–water partition coefficient (Wildman–Crippen LogP) is 4.27. The van der Waals surface area contributed by atoms with Crippen molar-refractivity contribution >= 4 is 23.1 Å².